The normalized spacial score (nSPS) is 22.2. The standard InChI is InChI=1S/C14H21NS/c16-10-8-14-7-4-9-15(12-14)11-13-5-2-1-3-6-13/h1-3,5-6,14,16H,4,7-12H2/t14-/m1/s1. The van der Waals surface area contributed by atoms with Crippen LogP contribution in [0.3, 0.4) is 0 Å². The van der Waals surface area contributed by atoms with Gasteiger partial charge in [-0.05, 0) is 43.0 Å². The Morgan fingerprint density at radius 2 is 2.06 bits per heavy atom. The van der Waals surface area contributed by atoms with Crippen LogP contribution < -0.4 is 0 Å². The summed E-state index contributed by atoms with van der Waals surface area (Å²) in [6.45, 7) is 3.64. The molecule has 1 atom stereocenters. The van der Waals surface area contributed by atoms with Crippen LogP contribution in [0.2, 0.25) is 0 Å². The number of likely N-dealkylation sites (tertiary alicyclic amines) is 1. The summed E-state index contributed by atoms with van der Waals surface area (Å²) in [4.78, 5) is 2.59. The van der Waals surface area contributed by atoms with E-state index in [0.717, 1.165) is 18.2 Å². The van der Waals surface area contributed by atoms with Crippen LogP contribution in [0.4, 0.5) is 0 Å². The monoisotopic (exact) mass is 235 g/mol. The van der Waals surface area contributed by atoms with Crippen LogP contribution in [-0.2, 0) is 6.54 Å². The van der Waals surface area contributed by atoms with Crippen molar-refractivity contribution in [2.24, 2.45) is 5.92 Å². The number of hydrogen-bond acceptors (Lipinski definition) is 2. The van der Waals surface area contributed by atoms with Crippen LogP contribution in [0, 0.1) is 5.92 Å². The first-order valence-electron chi connectivity index (χ1n) is 6.25. The molecule has 0 unspecified atom stereocenters. The fraction of sp³-hybridized carbons (Fsp3) is 0.571. The first kappa shape index (κ1) is 12.0. The van der Waals surface area contributed by atoms with Gasteiger partial charge in [0.2, 0.25) is 0 Å². The minimum atomic E-state index is 0.870. The van der Waals surface area contributed by atoms with E-state index in [1.54, 1.807) is 0 Å². The van der Waals surface area contributed by atoms with Crippen LogP contribution in [0.25, 0.3) is 0 Å². The molecule has 1 heterocycles. The summed E-state index contributed by atoms with van der Waals surface area (Å²) in [5.74, 6) is 1.90. The van der Waals surface area contributed by atoms with Crippen LogP contribution >= 0.6 is 12.6 Å². The Morgan fingerprint density at radius 3 is 2.81 bits per heavy atom. The molecule has 0 radical (unpaired) electrons. The third-order valence-electron chi connectivity index (χ3n) is 3.39. The Kier molecular flexibility index (Phi) is 4.73. The van der Waals surface area contributed by atoms with E-state index in [4.69, 9.17) is 0 Å². The van der Waals surface area contributed by atoms with Gasteiger partial charge < -0.3 is 0 Å². The minimum absolute atomic E-state index is 0.870. The van der Waals surface area contributed by atoms with E-state index in [-0.39, 0.29) is 0 Å². The highest BCUT2D eigenvalue weighted by atomic mass is 32.1. The minimum Gasteiger partial charge on any atom is -0.299 e. The summed E-state index contributed by atoms with van der Waals surface area (Å²) >= 11 is 4.34. The van der Waals surface area contributed by atoms with Gasteiger partial charge in [0.1, 0.15) is 0 Å². The lowest BCUT2D eigenvalue weighted by molar-refractivity contribution is 0.165. The maximum Gasteiger partial charge on any atom is 0.0233 e. The van der Waals surface area contributed by atoms with E-state index in [9.17, 15) is 0 Å². The average Bonchev–Trinajstić information content (AvgIpc) is 2.31. The maximum absolute atomic E-state index is 4.34. The highest BCUT2D eigenvalue weighted by Gasteiger charge is 2.18. The summed E-state index contributed by atoms with van der Waals surface area (Å²) in [7, 11) is 0. The molecule has 1 aliphatic rings. The average molecular weight is 235 g/mol. The van der Waals surface area contributed by atoms with Crippen molar-refractivity contribution in [1.82, 2.24) is 4.90 Å². The molecule has 16 heavy (non-hydrogen) atoms. The molecule has 0 aliphatic carbocycles. The van der Waals surface area contributed by atoms with Crippen molar-refractivity contribution < 1.29 is 0 Å². The molecular formula is C14H21NS. The van der Waals surface area contributed by atoms with Gasteiger partial charge in [-0.3, -0.25) is 4.90 Å². The molecule has 0 aromatic heterocycles. The first-order valence-corrected chi connectivity index (χ1v) is 6.89. The smallest absolute Gasteiger partial charge is 0.0233 e. The molecule has 1 aliphatic heterocycles. The lowest BCUT2D eigenvalue weighted by atomic mass is 9.95. The van der Waals surface area contributed by atoms with E-state index in [1.807, 2.05) is 0 Å². The van der Waals surface area contributed by atoms with Crippen molar-refractivity contribution in [3.05, 3.63) is 35.9 Å². The number of benzene rings is 1. The van der Waals surface area contributed by atoms with E-state index in [0.29, 0.717) is 0 Å². The van der Waals surface area contributed by atoms with Crippen molar-refractivity contribution in [3.63, 3.8) is 0 Å². The highest BCUT2D eigenvalue weighted by Crippen LogP contribution is 2.21. The van der Waals surface area contributed by atoms with Crippen LogP contribution in [0.5, 0.6) is 0 Å². The van der Waals surface area contributed by atoms with Crippen molar-refractivity contribution >= 4 is 12.6 Å². The first-order chi connectivity index (χ1) is 7.88. The topological polar surface area (TPSA) is 3.24 Å². The summed E-state index contributed by atoms with van der Waals surface area (Å²) in [6, 6.07) is 10.8. The van der Waals surface area contributed by atoms with E-state index < -0.39 is 0 Å². The molecular weight excluding hydrogens is 214 g/mol. The molecule has 2 rings (SSSR count). The molecule has 0 saturated carbocycles. The molecule has 1 nitrogen and oxygen atoms in total. The predicted molar refractivity (Wildman–Crippen MR) is 72.9 cm³/mol. The Hall–Kier alpha value is -0.470. The lowest BCUT2D eigenvalue weighted by Crippen LogP contribution is -2.35. The lowest BCUT2D eigenvalue weighted by Gasteiger charge is -2.32. The van der Waals surface area contributed by atoms with E-state index in [1.165, 1.54) is 37.9 Å². The molecule has 1 aromatic carbocycles. The van der Waals surface area contributed by atoms with Crippen LogP contribution in [0.1, 0.15) is 24.8 Å². The van der Waals surface area contributed by atoms with Crippen molar-refractivity contribution in [2.45, 2.75) is 25.8 Å². The van der Waals surface area contributed by atoms with Gasteiger partial charge in [0.25, 0.3) is 0 Å². The second-order valence-electron chi connectivity index (χ2n) is 4.74. The zero-order valence-corrected chi connectivity index (χ0v) is 10.7. The maximum atomic E-state index is 4.34. The van der Waals surface area contributed by atoms with Crippen LogP contribution in [0.15, 0.2) is 30.3 Å². The fourth-order valence-corrected chi connectivity index (χ4v) is 2.92. The van der Waals surface area contributed by atoms with Gasteiger partial charge in [-0.25, -0.2) is 0 Å². The number of piperidine rings is 1. The second-order valence-corrected chi connectivity index (χ2v) is 5.19. The van der Waals surface area contributed by atoms with Gasteiger partial charge in [0.05, 0.1) is 0 Å². The summed E-state index contributed by atoms with van der Waals surface area (Å²) < 4.78 is 0. The summed E-state index contributed by atoms with van der Waals surface area (Å²) in [5, 5.41) is 0. The fourth-order valence-electron chi connectivity index (χ4n) is 2.55. The molecule has 0 spiro atoms. The zero-order chi connectivity index (χ0) is 11.2. The Bertz CT molecular complexity index is 297. The second kappa shape index (κ2) is 6.31. The number of thiol groups is 1. The van der Waals surface area contributed by atoms with E-state index in [2.05, 4.69) is 47.9 Å². The summed E-state index contributed by atoms with van der Waals surface area (Å²) in [6.07, 6.45) is 4.02. The molecule has 1 aromatic rings. The summed E-state index contributed by atoms with van der Waals surface area (Å²) in [5.41, 5.74) is 1.44. The van der Waals surface area contributed by atoms with Gasteiger partial charge in [-0.2, -0.15) is 12.6 Å². The third-order valence-corrected chi connectivity index (χ3v) is 3.65. The van der Waals surface area contributed by atoms with Gasteiger partial charge in [0.15, 0.2) is 0 Å². The van der Waals surface area contributed by atoms with Gasteiger partial charge in [-0.15, -0.1) is 0 Å². The third kappa shape index (κ3) is 3.53. The van der Waals surface area contributed by atoms with Gasteiger partial charge in [-0.1, -0.05) is 30.3 Å². The molecule has 2 heteroatoms. The van der Waals surface area contributed by atoms with Crippen LogP contribution in [-0.4, -0.2) is 23.7 Å². The van der Waals surface area contributed by atoms with Crippen molar-refractivity contribution in [3.8, 4) is 0 Å². The molecule has 0 bridgehead atoms. The molecule has 0 amide bonds. The Balaban J connectivity index is 1.85. The van der Waals surface area contributed by atoms with E-state index >= 15 is 0 Å². The number of hydrogen-bond donors (Lipinski definition) is 1. The van der Waals surface area contributed by atoms with Crippen molar-refractivity contribution in [2.75, 3.05) is 18.8 Å². The molecule has 88 valence electrons. The predicted octanol–water partition coefficient (Wildman–Crippen LogP) is 3.22. The molecule has 1 saturated heterocycles. The number of rotatable bonds is 4. The van der Waals surface area contributed by atoms with Gasteiger partial charge in [0, 0.05) is 13.1 Å². The SMILES string of the molecule is SCC[C@H]1CCCN(Cc2ccccc2)C1. The largest absolute Gasteiger partial charge is 0.299 e. The quantitative estimate of drug-likeness (QED) is 0.784. The number of nitrogens with zero attached hydrogens (tertiary/aromatic N) is 1. The highest BCUT2D eigenvalue weighted by molar-refractivity contribution is 7.80. The Labute approximate surface area is 104 Å². The molecule has 1 fully saturated rings. The van der Waals surface area contributed by atoms with Crippen molar-refractivity contribution in [1.29, 1.82) is 0 Å². The zero-order valence-electron chi connectivity index (χ0n) is 9.81. The molecule has 0 N–H and O–H groups in total. The Morgan fingerprint density at radius 1 is 1.25 bits per heavy atom. The van der Waals surface area contributed by atoms with Gasteiger partial charge >= 0.3 is 0 Å².